The number of benzene rings is 1. The van der Waals surface area contributed by atoms with Crippen LogP contribution in [0.3, 0.4) is 0 Å². The van der Waals surface area contributed by atoms with Crippen LogP contribution in [0.4, 0.5) is 10.1 Å². The highest BCUT2D eigenvalue weighted by atomic mass is 19.1. The van der Waals surface area contributed by atoms with Crippen molar-refractivity contribution in [3.05, 3.63) is 42.5 Å². The number of piperidine rings is 1. The molecule has 1 aromatic carbocycles. The van der Waals surface area contributed by atoms with Gasteiger partial charge in [0.05, 0.1) is 13.2 Å². The Morgan fingerprint density at radius 1 is 1.30 bits per heavy atom. The van der Waals surface area contributed by atoms with Gasteiger partial charge >= 0.3 is 0 Å². The molecule has 0 amide bonds. The maximum Gasteiger partial charge on any atom is 0.167 e. The van der Waals surface area contributed by atoms with Crippen LogP contribution in [0.5, 0.6) is 5.75 Å². The Labute approximate surface area is 117 Å². The van der Waals surface area contributed by atoms with E-state index in [9.17, 15) is 4.39 Å². The predicted molar refractivity (Wildman–Crippen MR) is 75.7 cm³/mol. The number of ether oxygens (including phenoxy) is 1. The molecule has 1 aliphatic heterocycles. The highest BCUT2D eigenvalue weighted by Gasteiger charge is 2.21. The fourth-order valence-electron chi connectivity index (χ4n) is 2.74. The summed E-state index contributed by atoms with van der Waals surface area (Å²) in [4.78, 5) is 2.21. The van der Waals surface area contributed by atoms with Crippen molar-refractivity contribution >= 4 is 5.69 Å². The lowest BCUT2D eigenvalue weighted by Gasteiger charge is -2.33. The molecule has 106 valence electrons. The van der Waals surface area contributed by atoms with Crippen molar-refractivity contribution < 1.29 is 9.13 Å². The summed E-state index contributed by atoms with van der Waals surface area (Å²) < 4.78 is 20.7. The predicted octanol–water partition coefficient (Wildman–Crippen LogP) is 2.87. The average molecular weight is 275 g/mol. The van der Waals surface area contributed by atoms with Crippen molar-refractivity contribution in [2.45, 2.75) is 18.9 Å². The SMILES string of the molecule is COc1ccc(N2CCC(n3cccn3)CC2)cc1F. The van der Waals surface area contributed by atoms with Gasteiger partial charge in [0.25, 0.3) is 0 Å². The summed E-state index contributed by atoms with van der Waals surface area (Å²) in [6, 6.07) is 7.54. The monoisotopic (exact) mass is 275 g/mol. The Bertz CT molecular complexity index is 563. The van der Waals surface area contributed by atoms with Crippen LogP contribution in [0.2, 0.25) is 0 Å². The maximum absolute atomic E-state index is 13.7. The fraction of sp³-hybridized carbons (Fsp3) is 0.400. The van der Waals surface area contributed by atoms with Gasteiger partial charge in [-0.25, -0.2) is 4.39 Å². The topological polar surface area (TPSA) is 30.3 Å². The largest absolute Gasteiger partial charge is 0.494 e. The van der Waals surface area contributed by atoms with Crippen LogP contribution in [-0.4, -0.2) is 30.0 Å². The number of hydrogen-bond donors (Lipinski definition) is 0. The molecule has 3 rings (SSSR count). The zero-order chi connectivity index (χ0) is 13.9. The second kappa shape index (κ2) is 5.53. The summed E-state index contributed by atoms with van der Waals surface area (Å²) in [6.07, 6.45) is 5.86. The molecule has 0 radical (unpaired) electrons. The minimum Gasteiger partial charge on any atom is -0.494 e. The van der Waals surface area contributed by atoms with Crippen molar-refractivity contribution in [2.24, 2.45) is 0 Å². The third-order valence-electron chi connectivity index (χ3n) is 3.86. The molecule has 0 bridgehead atoms. The van der Waals surface area contributed by atoms with Crippen LogP contribution in [0.25, 0.3) is 0 Å². The first-order valence-corrected chi connectivity index (χ1v) is 6.85. The molecule has 0 N–H and O–H groups in total. The van der Waals surface area contributed by atoms with Gasteiger partial charge in [-0.05, 0) is 31.0 Å². The van der Waals surface area contributed by atoms with Crippen molar-refractivity contribution in [1.29, 1.82) is 0 Å². The molecule has 1 aromatic heterocycles. The van der Waals surface area contributed by atoms with Crippen LogP contribution in [0.15, 0.2) is 36.7 Å². The first-order valence-electron chi connectivity index (χ1n) is 6.85. The van der Waals surface area contributed by atoms with Crippen molar-refractivity contribution in [3.63, 3.8) is 0 Å². The second-order valence-electron chi connectivity index (χ2n) is 5.02. The lowest BCUT2D eigenvalue weighted by Crippen LogP contribution is -2.34. The van der Waals surface area contributed by atoms with Gasteiger partial charge in [0.1, 0.15) is 0 Å². The molecule has 20 heavy (non-hydrogen) atoms. The lowest BCUT2D eigenvalue weighted by molar-refractivity contribution is 0.366. The van der Waals surface area contributed by atoms with E-state index < -0.39 is 0 Å². The van der Waals surface area contributed by atoms with Crippen molar-refractivity contribution in [2.75, 3.05) is 25.1 Å². The quantitative estimate of drug-likeness (QED) is 0.863. The van der Waals surface area contributed by atoms with Gasteiger partial charge in [-0.3, -0.25) is 4.68 Å². The normalized spacial score (nSPS) is 16.4. The van der Waals surface area contributed by atoms with Crippen LogP contribution in [0.1, 0.15) is 18.9 Å². The molecule has 0 aliphatic carbocycles. The molecule has 2 aromatic rings. The highest BCUT2D eigenvalue weighted by Crippen LogP contribution is 2.28. The zero-order valence-electron chi connectivity index (χ0n) is 11.5. The third-order valence-corrected chi connectivity index (χ3v) is 3.86. The summed E-state index contributed by atoms with van der Waals surface area (Å²) in [5, 5.41) is 4.30. The summed E-state index contributed by atoms with van der Waals surface area (Å²) >= 11 is 0. The number of methoxy groups -OCH3 is 1. The summed E-state index contributed by atoms with van der Waals surface area (Å²) in [5.41, 5.74) is 0.919. The van der Waals surface area contributed by atoms with Gasteiger partial charge in [0.2, 0.25) is 0 Å². The smallest absolute Gasteiger partial charge is 0.167 e. The van der Waals surface area contributed by atoms with E-state index in [1.807, 2.05) is 29.2 Å². The molecule has 0 unspecified atom stereocenters. The third kappa shape index (κ3) is 2.48. The van der Waals surface area contributed by atoms with E-state index in [4.69, 9.17) is 4.74 Å². The second-order valence-corrected chi connectivity index (χ2v) is 5.02. The first-order chi connectivity index (χ1) is 9.78. The summed E-state index contributed by atoms with van der Waals surface area (Å²) in [6.45, 7) is 1.83. The Hall–Kier alpha value is -2.04. The first kappa shape index (κ1) is 13.0. The maximum atomic E-state index is 13.7. The molecular weight excluding hydrogens is 257 g/mol. The van der Waals surface area contributed by atoms with Crippen LogP contribution in [-0.2, 0) is 0 Å². The van der Waals surface area contributed by atoms with E-state index >= 15 is 0 Å². The van der Waals surface area contributed by atoms with Crippen molar-refractivity contribution in [3.8, 4) is 5.75 Å². The van der Waals surface area contributed by atoms with E-state index in [0.717, 1.165) is 31.6 Å². The number of rotatable bonds is 3. The minimum absolute atomic E-state index is 0.292. The Kier molecular flexibility index (Phi) is 3.58. The van der Waals surface area contributed by atoms with E-state index in [2.05, 4.69) is 10.00 Å². The Morgan fingerprint density at radius 2 is 2.10 bits per heavy atom. The molecule has 1 saturated heterocycles. The number of hydrogen-bond acceptors (Lipinski definition) is 3. The molecule has 5 heteroatoms. The molecule has 1 fully saturated rings. The Balaban J connectivity index is 1.67. The number of aromatic nitrogens is 2. The standard InChI is InChI=1S/C15H18FN3O/c1-20-15-4-3-13(11-14(15)16)18-9-5-12(6-10-18)19-8-2-7-17-19/h2-4,7-8,11-12H,5-6,9-10H2,1H3. The average Bonchev–Trinajstić information content (AvgIpc) is 3.01. The van der Waals surface area contributed by atoms with E-state index in [1.165, 1.54) is 7.11 Å². The molecule has 2 heterocycles. The molecule has 0 saturated carbocycles. The number of halogens is 1. The number of nitrogens with zero attached hydrogens (tertiary/aromatic N) is 3. The van der Waals surface area contributed by atoms with E-state index in [1.54, 1.807) is 12.1 Å². The van der Waals surface area contributed by atoms with Gasteiger partial charge in [-0.1, -0.05) is 0 Å². The molecule has 4 nitrogen and oxygen atoms in total. The van der Waals surface area contributed by atoms with Crippen molar-refractivity contribution in [1.82, 2.24) is 9.78 Å². The summed E-state index contributed by atoms with van der Waals surface area (Å²) in [5.74, 6) is -0.0145. The Morgan fingerprint density at radius 3 is 2.70 bits per heavy atom. The van der Waals surface area contributed by atoms with Gasteiger partial charge in [0.15, 0.2) is 11.6 Å². The molecule has 1 aliphatic rings. The zero-order valence-corrected chi connectivity index (χ0v) is 11.5. The van der Waals surface area contributed by atoms with Gasteiger partial charge in [-0.2, -0.15) is 5.10 Å². The van der Waals surface area contributed by atoms with E-state index in [0.29, 0.717) is 11.8 Å². The molecular formula is C15H18FN3O. The van der Waals surface area contributed by atoms with Crippen LogP contribution >= 0.6 is 0 Å². The van der Waals surface area contributed by atoms with E-state index in [-0.39, 0.29) is 5.82 Å². The lowest BCUT2D eigenvalue weighted by atomic mass is 10.0. The molecule has 0 atom stereocenters. The van der Waals surface area contributed by atoms with Gasteiger partial charge < -0.3 is 9.64 Å². The highest BCUT2D eigenvalue weighted by molar-refractivity contribution is 5.50. The number of anilines is 1. The van der Waals surface area contributed by atoms with Gasteiger partial charge in [-0.15, -0.1) is 0 Å². The minimum atomic E-state index is -0.306. The van der Waals surface area contributed by atoms with Gasteiger partial charge in [0, 0.05) is 37.2 Å². The van der Waals surface area contributed by atoms with Crippen LogP contribution in [0, 0.1) is 5.82 Å². The summed E-state index contributed by atoms with van der Waals surface area (Å²) in [7, 11) is 1.48. The fourth-order valence-corrected chi connectivity index (χ4v) is 2.74. The van der Waals surface area contributed by atoms with Crippen LogP contribution < -0.4 is 9.64 Å². The molecule has 0 spiro atoms.